The third kappa shape index (κ3) is 2.20. The van der Waals surface area contributed by atoms with Gasteiger partial charge < -0.3 is 10.4 Å². The van der Waals surface area contributed by atoms with E-state index < -0.39 is 23.0 Å². The predicted octanol–water partition coefficient (Wildman–Crippen LogP) is 2.13. The van der Waals surface area contributed by atoms with E-state index in [1.165, 1.54) is 12.1 Å². The summed E-state index contributed by atoms with van der Waals surface area (Å²) >= 11 is 0. The molecule has 5 nitrogen and oxygen atoms in total. The van der Waals surface area contributed by atoms with E-state index >= 15 is 0 Å². The van der Waals surface area contributed by atoms with E-state index in [4.69, 9.17) is 0 Å². The summed E-state index contributed by atoms with van der Waals surface area (Å²) in [5.41, 5.74) is 0.490. The molecule has 2 aromatic rings. The number of aromatic hydroxyl groups is 1. The van der Waals surface area contributed by atoms with Crippen molar-refractivity contribution in [1.82, 2.24) is 0 Å². The molecule has 1 aliphatic heterocycles. The maximum absolute atomic E-state index is 13.8. The van der Waals surface area contributed by atoms with E-state index in [1.807, 2.05) is 0 Å². The van der Waals surface area contributed by atoms with E-state index in [-0.39, 0.29) is 12.5 Å². The summed E-state index contributed by atoms with van der Waals surface area (Å²) in [5, 5.41) is 12.4. The number of amides is 2. The number of rotatable bonds is 1. The van der Waals surface area contributed by atoms with Crippen molar-refractivity contribution in [3.63, 3.8) is 0 Å². The average molecular weight is 286 g/mol. The number of carbonyl (C=O) groups excluding carboxylic acids is 2. The minimum atomic E-state index is -0.830. The van der Waals surface area contributed by atoms with Crippen molar-refractivity contribution in [3.8, 4) is 5.75 Å². The summed E-state index contributed by atoms with van der Waals surface area (Å²) in [7, 11) is 0. The quantitative estimate of drug-likeness (QED) is 0.843. The van der Waals surface area contributed by atoms with Gasteiger partial charge in [0, 0.05) is 0 Å². The second-order valence-electron chi connectivity index (χ2n) is 4.59. The number of fused-ring (bicyclic) bond motifs is 1. The molecule has 0 atom stereocenters. The Kier molecular flexibility index (Phi) is 3.06. The van der Waals surface area contributed by atoms with Crippen LogP contribution < -0.4 is 10.2 Å². The lowest BCUT2D eigenvalue weighted by Crippen LogP contribution is -2.42. The van der Waals surface area contributed by atoms with Gasteiger partial charge in [-0.15, -0.1) is 0 Å². The molecule has 1 aliphatic rings. The largest absolute Gasteiger partial charge is 0.507 e. The summed E-state index contributed by atoms with van der Waals surface area (Å²) in [6.45, 7) is -0.233. The lowest BCUT2D eigenvalue weighted by molar-refractivity contribution is -0.115. The van der Waals surface area contributed by atoms with Crippen LogP contribution in [0.4, 0.5) is 15.8 Å². The molecule has 0 aliphatic carbocycles. The molecule has 0 saturated carbocycles. The Morgan fingerprint density at radius 1 is 1.19 bits per heavy atom. The molecule has 2 N–H and O–H groups in total. The van der Waals surface area contributed by atoms with Crippen molar-refractivity contribution < 1.29 is 19.1 Å². The molecule has 6 heteroatoms. The lowest BCUT2D eigenvalue weighted by atomic mass is 10.1. The summed E-state index contributed by atoms with van der Waals surface area (Å²) in [6.07, 6.45) is 0. The topological polar surface area (TPSA) is 69.6 Å². The Labute approximate surface area is 119 Å². The SMILES string of the molecule is O=C1CN(C(=O)c2c(O)cccc2F)c2ccccc2N1. The lowest BCUT2D eigenvalue weighted by Gasteiger charge is -2.29. The monoisotopic (exact) mass is 286 g/mol. The van der Waals surface area contributed by atoms with Crippen molar-refractivity contribution >= 4 is 23.2 Å². The van der Waals surface area contributed by atoms with Crippen molar-refractivity contribution in [1.29, 1.82) is 0 Å². The molecular weight excluding hydrogens is 275 g/mol. The first-order valence-corrected chi connectivity index (χ1v) is 6.26. The molecule has 0 aromatic heterocycles. The van der Waals surface area contributed by atoms with E-state index in [9.17, 15) is 19.1 Å². The third-order valence-electron chi connectivity index (χ3n) is 3.22. The molecule has 3 rings (SSSR count). The Balaban J connectivity index is 2.09. The highest BCUT2D eigenvalue weighted by Crippen LogP contribution is 2.32. The van der Waals surface area contributed by atoms with Gasteiger partial charge in [-0.2, -0.15) is 0 Å². The molecule has 0 fully saturated rings. The summed E-state index contributed by atoms with van der Waals surface area (Å²) in [5.74, 6) is -2.42. The van der Waals surface area contributed by atoms with E-state index in [0.29, 0.717) is 11.4 Å². The Bertz CT molecular complexity index is 725. The number of nitrogens with zero attached hydrogens (tertiary/aromatic N) is 1. The highest BCUT2D eigenvalue weighted by Gasteiger charge is 2.30. The van der Waals surface area contributed by atoms with Gasteiger partial charge in [0.15, 0.2) is 0 Å². The van der Waals surface area contributed by atoms with E-state index in [0.717, 1.165) is 11.0 Å². The predicted molar refractivity (Wildman–Crippen MR) is 74.8 cm³/mol. The first-order valence-electron chi connectivity index (χ1n) is 6.26. The number of halogens is 1. The van der Waals surface area contributed by atoms with Gasteiger partial charge in [-0.1, -0.05) is 18.2 Å². The minimum Gasteiger partial charge on any atom is -0.507 e. The number of hydrogen-bond acceptors (Lipinski definition) is 3. The number of hydrogen-bond donors (Lipinski definition) is 2. The number of benzene rings is 2. The fourth-order valence-electron chi connectivity index (χ4n) is 2.27. The van der Waals surface area contributed by atoms with Crippen molar-refractivity contribution in [2.24, 2.45) is 0 Å². The van der Waals surface area contributed by atoms with Crippen LogP contribution in [0.25, 0.3) is 0 Å². The first-order chi connectivity index (χ1) is 10.1. The number of nitrogens with one attached hydrogen (secondary N) is 1. The van der Waals surface area contributed by atoms with Crippen LogP contribution in [0, 0.1) is 5.82 Å². The van der Waals surface area contributed by atoms with Crippen LogP contribution >= 0.6 is 0 Å². The summed E-state index contributed by atoms with van der Waals surface area (Å²) in [4.78, 5) is 25.3. The maximum atomic E-state index is 13.8. The van der Waals surface area contributed by atoms with Gasteiger partial charge in [-0.25, -0.2) is 4.39 Å². The van der Waals surface area contributed by atoms with Crippen molar-refractivity contribution in [3.05, 3.63) is 53.8 Å². The van der Waals surface area contributed by atoms with Crippen molar-refractivity contribution in [2.45, 2.75) is 0 Å². The average Bonchev–Trinajstić information content (AvgIpc) is 2.46. The normalized spacial score (nSPS) is 13.6. The molecular formula is C15H11FN2O3. The van der Waals surface area contributed by atoms with Crippen LogP contribution in [0.5, 0.6) is 5.75 Å². The number of para-hydroxylation sites is 2. The number of anilines is 2. The summed E-state index contributed by atoms with van der Waals surface area (Å²) < 4.78 is 13.8. The van der Waals surface area contributed by atoms with E-state index in [1.54, 1.807) is 24.3 Å². The van der Waals surface area contributed by atoms with Gasteiger partial charge in [-0.05, 0) is 24.3 Å². The molecule has 0 bridgehead atoms. The molecule has 0 radical (unpaired) electrons. The molecule has 2 aromatic carbocycles. The molecule has 0 spiro atoms. The Morgan fingerprint density at radius 2 is 1.95 bits per heavy atom. The van der Waals surface area contributed by atoms with Crippen LogP contribution in [0.2, 0.25) is 0 Å². The van der Waals surface area contributed by atoms with Crippen LogP contribution in [0.1, 0.15) is 10.4 Å². The van der Waals surface area contributed by atoms with Gasteiger partial charge in [0.2, 0.25) is 5.91 Å². The second-order valence-corrected chi connectivity index (χ2v) is 4.59. The highest BCUT2D eigenvalue weighted by atomic mass is 19.1. The second kappa shape index (κ2) is 4.90. The fourth-order valence-corrected chi connectivity index (χ4v) is 2.27. The van der Waals surface area contributed by atoms with Gasteiger partial charge in [-0.3, -0.25) is 14.5 Å². The van der Waals surface area contributed by atoms with Crippen molar-refractivity contribution in [2.75, 3.05) is 16.8 Å². The number of phenolic OH excluding ortho intramolecular Hbond substituents is 1. The first kappa shape index (κ1) is 13.1. The molecule has 21 heavy (non-hydrogen) atoms. The van der Waals surface area contributed by atoms with Gasteiger partial charge in [0.1, 0.15) is 23.7 Å². The van der Waals surface area contributed by atoms with Crippen LogP contribution in [0.3, 0.4) is 0 Å². The Morgan fingerprint density at radius 3 is 2.71 bits per heavy atom. The van der Waals surface area contributed by atoms with Crippen LogP contribution in [-0.4, -0.2) is 23.5 Å². The highest BCUT2D eigenvalue weighted by molar-refractivity contribution is 6.16. The molecule has 0 saturated heterocycles. The molecule has 0 unspecified atom stereocenters. The van der Waals surface area contributed by atoms with Gasteiger partial charge in [0.25, 0.3) is 5.91 Å². The van der Waals surface area contributed by atoms with E-state index in [2.05, 4.69) is 5.32 Å². The molecule has 1 heterocycles. The number of carbonyl (C=O) groups is 2. The third-order valence-corrected chi connectivity index (χ3v) is 3.22. The number of phenols is 1. The van der Waals surface area contributed by atoms with Gasteiger partial charge in [0.05, 0.1) is 11.4 Å². The fraction of sp³-hybridized carbons (Fsp3) is 0.0667. The maximum Gasteiger partial charge on any atom is 0.265 e. The zero-order chi connectivity index (χ0) is 15.0. The van der Waals surface area contributed by atoms with Gasteiger partial charge >= 0.3 is 0 Å². The standard InChI is InChI=1S/C15H11FN2O3/c16-9-4-3-7-12(19)14(9)15(21)18-8-13(20)17-10-5-1-2-6-11(10)18/h1-7,19H,8H2,(H,17,20). The molecule has 2 amide bonds. The molecule has 106 valence electrons. The van der Waals surface area contributed by atoms with Crippen LogP contribution in [-0.2, 0) is 4.79 Å². The van der Waals surface area contributed by atoms with Crippen LogP contribution in [0.15, 0.2) is 42.5 Å². The Hall–Kier alpha value is -2.89. The minimum absolute atomic E-state index is 0.233. The zero-order valence-electron chi connectivity index (χ0n) is 10.8. The zero-order valence-corrected chi connectivity index (χ0v) is 10.8. The smallest absolute Gasteiger partial charge is 0.265 e. The summed E-state index contributed by atoms with van der Waals surface area (Å²) in [6, 6.07) is 10.3.